The summed E-state index contributed by atoms with van der Waals surface area (Å²) < 4.78 is 211. The second kappa shape index (κ2) is 8.26. The molecule has 0 aliphatic rings. The zero-order valence-corrected chi connectivity index (χ0v) is 15.8. The lowest BCUT2D eigenvalue weighted by Gasteiger charge is -2.42. The van der Waals surface area contributed by atoms with E-state index >= 15 is 0 Å². The SMILES string of the molecule is O=[N+]([O-])c1ccccc1C(O)(CC(F)(F)C(F)(F)C(F)(F)C(F)(F)C(F)(F)C(F)(F)F)C(F)(F)F. The van der Waals surface area contributed by atoms with Gasteiger partial charge in [0.1, 0.15) is 0 Å². The predicted molar refractivity (Wildman–Crippen MR) is 78.5 cm³/mol. The molecule has 0 radical (unpaired) electrons. The summed E-state index contributed by atoms with van der Waals surface area (Å²) in [6.07, 6.45) is -18.6. The van der Waals surface area contributed by atoms with Crippen molar-refractivity contribution in [3.8, 4) is 0 Å². The van der Waals surface area contributed by atoms with Crippen molar-refractivity contribution in [3.63, 3.8) is 0 Å². The molecule has 0 saturated heterocycles. The number of rotatable bonds is 8. The molecule has 0 amide bonds. The molecule has 0 saturated carbocycles. The second-order valence-corrected chi connectivity index (χ2v) is 6.81. The largest absolute Gasteiger partial charge is 0.460 e. The highest BCUT2D eigenvalue weighted by atomic mass is 19.4. The number of hydrogen-bond acceptors (Lipinski definition) is 3. The Hall–Kier alpha value is -2.54. The average Bonchev–Trinajstić information content (AvgIpc) is 2.65. The number of benzene rings is 1. The molecule has 202 valence electrons. The van der Waals surface area contributed by atoms with Crippen molar-refractivity contribution in [1.29, 1.82) is 0 Å². The van der Waals surface area contributed by atoms with Gasteiger partial charge in [-0.25, -0.2) is 0 Å². The first-order chi connectivity index (χ1) is 15.1. The molecule has 1 aromatic carbocycles. The van der Waals surface area contributed by atoms with Crippen LogP contribution in [-0.4, -0.2) is 52.0 Å². The number of halogens is 16. The van der Waals surface area contributed by atoms with Crippen molar-refractivity contribution in [2.75, 3.05) is 0 Å². The minimum Gasteiger partial charge on any atom is -0.376 e. The van der Waals surface area contributed by atoms with Gasteiger partial charge in [-0.2, -0.15) is 70.2 Å². The lowest BCUT2D eigenvalue weighted by molar-refractivity contribution is -0.443. The van der Waals surface area contributed by atoms with Gasteiger partial charge in [0, 0.05) is 6.07 Å². The molecule has 1 aromatic rings. The van der Waals surface area contributed by atoms with Crippen LogP contribution < -0.4 is 0 Å². The molecule has 0 aromatic heterocycles. The number of nitro benzene ring substituents is 1. The number of aliphatic hydroxyl groups is 1. The number of alkyl halides is 16. The fourth-order valence-electron chi connectivity index (χ4n) is 2.57. The first-order valence-corrected chi connectivity index (χ1v) is 8.12. The van der Waals surface area contributed by atoms with E-state index in [1.54, 1.807) is 0 Å². The van der Waals surface area contributed by atoms with Gasteiger partial charge >= 0.3 is 42.0 Å². The minimum absolute atomic E-state index is 0.0783. The van der Waals surface area contributed by atoms with Crippen LogP contribution in [0.15, 0.2) is 24.3 Å². The van der Waals surface area contributed by atoms with Gasteiger partial charge in [0.2, 0.25) is 0 Å². The van der Waals surface area contributed by atoms with E-state index in [0.717, 1.165) is 0 Å². The Morgan fingerprint density at radius 2 is 1.06 bits per heavy atom. The minimum atomic E-state index is -8.41. The topological polar surface area (TPSA) is 63.4 Å². The third-order valence-corrected chi connectivity index (χ3v) is 4.49. The maximum Gasteiger partial charge on any atom is 0.460 e. The summed E-state index contributed by atoms with van der Waals surface area (Å²) in [5, 5.41) is 20.5. The van der Waals surface area contributed by atoms with E-state index in [1.165, 1.54) is 0 Å². The summed E-state index contributed by atoms with van der Waals surface area (Å²) in [6, 6.07) is 0.820. The van der Waals surface area contributed by atoms with Gasteiger partial charge in [-0.3, -0.25) is 10.1 Å². The van der Waals surface area contributed by atoms with Crippen LogP contribution in [0.3, 0.4) is 0 Å². The average molecular weight is 553 g/mol. The van der Waals surface area contributed by atoms with Gasteiger partial charge in [0.25, 0.3) is 5.69 Å². The highest BCUT2D eigenvalue weighted by Crippen LogP contribution is 2.62. The maximum absolute atomic E-state index is 14.0. The molecule has 1 atom stereocenters. The molecule has 1 N–H and O–H groups in total. The normalized spacial score (nSPS) is 16.7. The number of para-hydroxylation sites is 1. The van der Waals surface area contributed by atoms with Crippen LogP contribution in [0.2, 0.25) is 0 Å². The maximum atomic E-state index is 14.0. The van der Waals surface area contributed by atoms with Gasteiger partial charge in [-0.05, 0) is 6.07 Å². The summed E-state index contributed by atoms with van der Waals surface area (Å²) in [5.41, 5.74) is -9.84. The van der Waals surface area contributed by atoms with Gasteiger partial charge in [0.05, 0.1) is 16.9 Å². The summed E-state index contributed by atoms with van der Waals surface area (Å²) in [7, 11) is 0. The summed E-state index contributed by atoms with van der Waals surface area (Å²) in [4.78, 5) is 9.04. The Labute approximate surface area is 181 Å². The molecule has 1 unspecified atom stereocenters. The van der Waals surface area contributed by atoms with Crippen molar-refractivity contribution in [3.05, 3.63) is 39.9 Å². The Balaban J connectivity index is 3.79. The Morgan fingerprint density at radius 1 is 0.657 bits per heavy atom. The lowest BCUT2D eigenvalue weighted by atomic mass is 9.82. The fourth-order valence-corrected chi connectivity index (χ4v) is 2.57. The van der Waals surface area contributed by atoms with E-state index in [2.05, 4.69) is 0 Å². The predicted octanol–water partition coefficient (Wildman–Crippen LogP) is 6.47. The van der Waals surface area contributed by atoms with Crippen LogP contribution in [0, 0.1) is 10.1 Å². The third-order valence-electron chi connectivity index (χ3n) is 4.49. The van der Waals surface area contributed by atoms with Crippen molar-refractivity contribution in [2.24, 2.45) is 0 Å². The van der Waals surface area contributed by atoms with Crippen molar-refractivity contribution < 1.29 is 80.3 Å². The van der Waals surface area contributed by atoms with Crippen LogP contribution in [0.1, 0.15) is 12.0 Å². The van der Waals surface area contributed by atoms with Crippen LogP contribution in [-0.2, 0) is 5.60 Å². The summed E-state index contributed by atoms with van der Waals surface area (Å²) >= 11 is 0. The molecule has 0 aliphatic carbocycles. The smallest absolute Gasteiger partial charge is 0.376 e. The number of nitrogens with zero attached hydrogens (tertiary/aromatic N) is 1. The lowest BCUT2D eigenvalue weighted by Crippen LogP contribution is -2.70. The molecule has 0 fully saturated rings. The summed E-state index contributed by atoms with van der Waals surface area (Å²) in [6.45, 7) is 0. The molecule has 20 heteroatoms. The second-order valence-electron chi connectivity index (χ2n) is 6.81. The first-order valence-electron chi connectivity index (χ1n) is 8.12. The van der Waals surface area contributed by atoms with Crippen molar-refractivity contribution in [2.45, 2.75) is 54.0 Å². The summed E-state index contributed by atoms with van der Waals surface area (Å²) in [5.74, 6) is -40.4. The molecule has 1 rings (SSSR count). The number of nitro groups is 1. The zero-order valence-electron chi connectivity index (χ0n) is 15.8. The van der Waals surface area contributed by atoms with Gasteiger partial charge in [-0.15, -0.1) is 0 Å². The fraction of sp³-hybridized carbons (Fsp3) is 0.600. The van der Waals surface area contributed by atoms with Crippen LogP contribution in [0.5, 0.6) is 0 Å². The quantitative estimate of drug-likeness (QED) is 0.228. The zero-order chi connectivity index (χ0) is 28.3. The van der Waals surface area contributed by atoms with E-state index in [0.29, 0.717) is 12.1 Å². The highest BCUT2D eigenvalue weighted by Gasteiger charge is 2.91. The van der Waals surface area contributed by atoms with Gasteiger partial charge in [-0.1, -0.05) is 12.1 Å². The van der Waals surface area contributed by atoms with Gasteiger partial charge < -0.3 is 5.11 Å². The molecular formula is C15H7F16NO3. The first kappa shape index (κ1) is 30.5. The monoisotopic (exact) mass is 553 g/mol. The van der Waals surface area contributed by atoms with E-state index < -0.39 is 70.2 Å². The Morgan fingerprint density at radius 3 is 1.43 bits per heavy atom. The van der Waals surface area contributed by atoms with Crippen LogP contribution in [0.4, 0.5) is 75.9 Å². The van der Waals surface area contributed by atoms with Crippen molar-refractivity contribution in [1.82, 2.24) is 0 Å². The molecule has 0 spiro atoms. The Bertz CT molecular complexity index is 954. The molecule has 0 aliphatic heterocycles. The van der Waals surface area contributed by atoms with Gasteiger partial charge in [0.15, 0.2) is 5.60 Å². The van der Waals surface area contributed by atoms with E-state index in [1.807, 2.05) is 0 Å². The van der Waals surface area contributed by atoms with Crippen molar-refractivity contribution >= 4 is 5.69 Å². The Kier molecular flexibility index (Phi) is 7.19. The third kappa shape index (κ3) is 4.44. The van der Waals surface area contributed by atoms with E-state index in [-0.39, 0.29) is 12.1 Å². The molecule has 4 nitrogen and oxygen atoms in total. The van der Waals surface area contributed by atoms with E-state index in [9.17, 15) is 85.5 Å². The molecule has 0 heterocycles. The highest BCUT2D eigenvalue weighted by molar-refractivity contribution is 5.45. The number of hydrogen-bond donors (Lipinski definition) is 1. The van der Waals surface area contributed by atoms with Crippen LogP contribution in [0.25, 0.3) is 0 Å². The van der Waals surface area contributed by atoms with Crippen LogP contribution >= 0.6 is 0 Å². The standard InChI is InChI=1S/C15H7F16NO3/c16-9(17,10(18,19)11(20,21)12(22,23)13(24,25)15(29,30)31)5-8(33,14(26,27)28)6-3-1-2-4-7(6)32(34)35/h1-4,33H,5H2. The molecule has 0 bridgehead atoms. The van der Waals surface area contributed by atoms with E-state index in [4.69, 9.17) is 0 Å². The molecular weight excluding hydrogens is 546 g/mol. The molecule has 35 heavy (non-hydrogen) atoms.